The number of anilines is 1. The quantitative estimate of drug-likeness (QED) is 0.794. The predicted molar refractivity (Wildman–Crippen MR) is 72.2 cm³/mol. The lowest BCUT2D eigenvalue weighted by Crippen LogP contribution is -2.47. The van der Waals surface area contributed by atoms with Crippen LogP contribution in [0.5, 0.6) is 0 Å². The summed E-state index contributed by atoms with van der Waals surface area (Å²) in [6.07, 6.45) is 7.71. The van der Waals surface area contributed by atoms with E-state index in [4.69, 9.17) is 23.2 Å². The van der Waals surface area contributed by atoms with Gasteiger partial charge in [-0.1, -0.05) is 24.4 Å². The zero-order chi connectivity index (χ0) is 12.5. The number of hydrogen-bond acceptors (Lipinski definition) is 4. The summed E-state index contributed by atoms with van der Waals surface area (Å²) in [5, 5.41) is 8.09. The molecule has 1 saturated heterocycles. The molecule has 0 bridgehead atoms. The molecule has 2 fully saturated rings. The molecular formula is C12H16Cl2N4. The van der Waals surface area contributed by atoms with Crippen LogP contribution in [0.2, 0.25) is 10.4 Å². The van der Waals surface area contributed by atoms with Crippen LogP contribution < -0.4 is 4.90 Å². The number of halogens is 2. The standard InChI is InChI=1S/C12H16Cl2N4/c13-10-11(15-12(14)17-16-10)18-7-3-5-8-4-1-2-6-9(8)18/h8-9H,1-7H2/t8-,9-/m1/s1. The lowest BCUT2D eigenvalue weighted by Gasteiger charge is -2.44. The van der Waals surface area contributed by atoms with Gasteiger partial charge < -0.3 is 4.90 Å². The molecule has 0 spiro atoms. The minimum Gasteiger partial charge on any atom is -0.351 e. The Morgan fingerprint density at radius 2 is 1.78 bits per heavy atom. The average molecular weight is 287 g/mol. The first-order valence-corrected chi connectivity index (χ1v) is 7.33. The Kier molecular flexibility index (Phi) is 3.57. The maximum Gasteiger partial charge on any atom is 0.245 e. The maximum absolute atomic E-state index is 6.12. The Morgan fingerprint density at radius 3 is 2.67 bits per heavy atom. The third kappa shape index (κ3) is 2.28. The second-order valence-electron chi connectivity index (χ2n) is 5.14. The van der Waals surface area contributed by atoms with Crippen LogP contribution in [0.4, 0.5) is 5.82 Å². The second-order valence-corrected chi connectivity index (χ2v) is 5.84. The van der Waals surface area contributed by atoms with E-state index >= 15 is 0 Å². The fourth-order valence-electron chi connectivity index (χ4n) is 3.36. The molecule has 2 aliphatic rings. The monoisotopic (exact) mass is 286 g/mol. The molecule has 6 heteroatoms. The van der Waals surface area contributed by atoms with E-state index in [9.17, 15) is 0 Å². The Balaban J connectivity index is 1.91. The van der Waals surface area contributed by atoms with Gasteiger partial charge in [-0.25, -0.2) is 0 Å². The molecule has 4 nitrogen and oxygen atoms in total. The van der Waals surface area contributed by atoms with E-state index in [-0.39, 0.29) is 5.28 Å². The summed E-state index contributed by atoms with van der Waals surface area (Å²) in [7, 11) is 0. The first kappa shape index (κ1) is 12.4. The number of hydrogen-bond donors (Lipinski definition) is 0. The van der Waals surface area contributed by atoms with Crippen LogP contribution in [-0.4, -0.2) is 27.8 Å². The van der Waals surface area contributed by atoms with Crippen molar-refractivity contribution in [2.75, 3.05) is 11.4 Å². The highest BCUT2D eigenvalue weighted by Gasteiger charge is 2.35. The molecule has 2 heterocycles. The summed E-state index contributed by atoms with van der Waals surface area (Å²) in [5.41, 5.74) is 0. The fraction of sp³-hybridized carbons (Fsp3) is 0.750. The summed E-state index contributed by atoms with van der Waals surface area (Å²) >= 11 is 12.0. The number of rotatable bonds is 1. The third-order valence-electron chi connectivity index (χ3n) is 4.12. The predicted octanol–water partition coefficient (Wildman–Crippen LogP) is 3.34. The molecule has 0 amide bonds. The van der Waals surface area contributed by atoms with Crippen molar-refractivity contribution in [1.29, 1.82) is 0 Å². The molecule has 2 atom stereocenters. The largest absolute Gasteiger partial charge is 0.351 e. The van der Waals surface area contributed by atoms with E-state index in [0.717, 1.165) is 12.5 Å². The van der Waals surface area contributed by atoms with E-state index in [2.05, 4.69) is 20.1 Å². The highest BCUT2D eigenvalue weighted by Crippen LogP contribution is 2.38. The van der Waals surface area contributed by atoms with Crippen molar-refractivity contribution in [2.45, 2.75) is 44.6 Å². The summed E-state index contributed by atoms with van der Waals surface area (Å²) < 4.78 is 0. The van der Waals surface area contributed by atoms with Crippen molar-refractivity contribution in [2.24, 2.45) is 5.92 Å². The minimum atomic E-state index is 0.173. The van der Waals surface area contributed by atoms with Gasteiger partial charge >= 0.3 is 0 Å². The van der Waals surface area contributed by atoms with Gasteiger partial charge in [-0.2, -0.15) is 4.98 Å². The Hall–Kier alpha value is -0.610. The molecule has 98 valence electrons. The van der Waals surface area contributed by atoms with Crippen molar-refractivity contribution >= 4 is 29.0 Å². The SMILES string of the molecule is Clc1nnc(Cl)c(N2CCC[C@H]3CCCC[C@H]32)n1. The van der Waals surface area contributed by atoms with E-state index in [1.807, 2.05) is 0 Å². The van der Waals surface area contributed by atoms with Crippen LogP contribution in [-0.2, 0) is 0 Å². The van der Waals surface area contributed by atoms with Gasteiger partial charge in [0.2, 0.25) is 5.28 Å². The van der Waals surface area contributed by atoms with Gasteiger partial charge in [0.05, 0.1) is 0 Å². The van der Waals surface area contributed by atoms with Crippen molar-refractivity contribution in [3.8, 4) is 0 Å². The van der Waals surface area contributed by atoms with Crippen LogP contribution in [0.15, 0.2) is 0 Å². The zero-order valence-corrected chi connectivity index (χ0v) is 11.7. The summed E-state index contributed by atoms with van der Waals surface area (Å²) in [6.45, 7) is 0.996. The molecule has 1 aliphatic heterocycles. The number of aromatic nitrogens is 3. The molecule has 0 N–H and O–H groups in total. The van der Waals surface area contributed by atoms with E-state index in [1.54, 1.807) is 0 Å². The normalized spacial score (nSPS) is 28.0. The van der Waals surface area contributed by atoms with Gasteiger partial charge in [0, 0.05) is 12.6 Å². The van der Waals surface area contributed by atoms with Gasteiger partial charge in [0.1, 0.15) is 0 Å². The smallest absolute Gasteiger partial charge is 0.245 e. The Labute approximate surface area is 117 Å². The van der Waals surface area contributed by atoms with Crippen LogP contribution >= 0.6 is 23.2 Å². The summed E-state index contributed by atoms with van der Waals surface area (Å²) in [6, 6.07) is 0.553. The van der Waals surface area contributed by atoms with Crippen molar-refractivity contribution in [3.05, 3.63) is 10.4 Å². The lowest BCUT2D eigenvalue weighted by atomic mass is 9.78. The molecule has 0 aromatic carbocycles. The number of fused-ring (bicyclic) bond motifs is 1. The molecule has 1 saturated carbocycles. The highest BCUT2D eigenvalue weighted by atomic mass is 35.5. The van der Waals surface area contributed by atoms with E-state index < -0.39 is 0 Å². The molecule has 0 unspecified atom stereocenters. The molecule has 18 heavy (non-hydrogen) atoms. The average Bonchev–Trinajstić information content (AvgIpc) is 2.41. The van der Waals surface area contributed by atoms with Crippen LogP contribution in [0.3, 0.4) is 0 Å². The van der Waals surface area contributed by atoms with Crippen molar-refractivity contribution in [3.63, 3.8) is 0 Å². The summed E-state index contributed by atoms with van der Waals surface area (Å²) in [4.78, 5) is 6.58. The van der Waals surface area contributed by atoms with Crippen molar-refractivity contribution < 1.29 is 0 Å². The van der Waals surface area contributed by atoms with Crippen LogP contribution in [0.25, 0.3) is 0 Å². The van der Waals surface area contributed by atoms with Crippen molar-refractivity contribution in [1.82, 2.24) is 15.2 Å². The summed E-state index contributed by atoms with van der Waals surface area (Å²) in [5.74, 6) is 1.49. The number of nitrogens with zero attached hydrogens (tertiary/aromatic N) is 4. The highest BCUT2D eigenvalue weighted by molar-refractivity contribution is 6.32. The van der Waals surface area contributed by atoms with Crippen LogP contribution in [0.1, 0.15) is 38.5 Å². The second kappa shape index (κ2) is 5.17. The Morgan fingerprint density at radius 1 is 1.00 bits per heavy atom. The molecule has 1 aromatic heterocycles. The van der Waals surface area contributed by atoms with Gasteiger partial charge in [-0.05, 0) is 43.2 Å². The first-order chi connectivity index (χ1) is 8.75. The topological polar surface area (TPSA) is 41.9 Å². The molecular weight excluding hydrogens is 271 g/mol. The molecule has 1 aliphatic carbocycles. The Bertz CT molecular complexity index is 438. The van der Waals surface area contributed by atoms with E-state index in [1.165, 1.54) is 38.5 Å². The van der Waals surface area contributed by atoms with Crippen LogP contribution in [0, 0.1) is 5.92 Å². The van der Waals surface area contributed by atoms with Gasteiger partial charge in [-0.15, -0.1) is 10.2 Å². The molecule has 0 radical (unpaired) electrons. The zero-order valence-electron chi connectivity index (χ0n) is 10.1. The molecule has 1 aromatic rings. The van der Waals surface area contributed by atoms with E-state index in [0.29, 0.717) is 17.0 Å². The minimum absolute atomic E-state index is 0.173. The first-order valence-electron chi connectivity index (χ1n) is 6.58. The fourth-order valence-corrected chi connectivity index (χ4v) is 3.66. The van der Waals surface area contributed by atoms with Gasteiger partial charge in [-0.3, -0.25) is 0 Å². The molecule has 3 rings (SSSR count). The third-order valence-corrected chi connectivity index (χ3v) is 4.52. The van der Waals surface area contributed by atoms with Gasteiger partial charge in [0.15, 0.2) is 11.0 Å². The maximum atomic E-state index is 6.12. The number of piperidine rings is 1. The lowest BCUT2D eigenvalue weighted by molar-refractivity contribution is 0.242. The van der Waals surface area contributed by atoms with Gasteiger partial charge in [0.25, 0.3) is 0 Å².